The van der Waals surface area contributed by atoms with Crippen molar-refractivity contribution in [2.45, 2.75) is 30.6 Å². The van der Waals surface area contributed by atoms with E-state index in [9.17, 15) is 21.6 Å². The Kier molecular flexibility index (Phi) is 4.74. The average molecular weight is 416 g/mol. The standard InChI is InChI=1S/C17H19F3N4O3S/c18-17(19,20)12-3-4-14(23-6-8-27-9-7-23)13(10-12)22-28(25,26)16-11-21-15-2-1-5-24(15)16/h3-4,10-11,22H,1-2,5-9H2. The topological polar surface area (TPSA) is 76.5 Å². The fourth-order valence-corrected chi connectivity index (χ4v) is 4.75. The Labute approximate surface area is 160 Å². The van der Waals surface area contributed by atoms with Crippen LogP contribution in [0.2, 0.25) is 0 Å². The maximum atomic E-state index is 13.2. The molecule has 0 saturated carbocycles. The SMILES string of the molecule is O=S(=O)(Nc1cc(C(F)(F)F)ccc1N1CCOCC1)c1cnc2n1CCC2. The van der Waals surface area contributed by atoms with Gasteiger partial charge in [-0.3, -0.25) is 4.72 Å². The molecule has 11 heteroatoms. The Hall–Kier alpha value is -2.27. The largest absolute Gasteiger partial charge is 0.416 e. The first-order valence-corrected chi connectivity index (χ1v) is 10.4. The third-order valence-electron chi connectivity index (χ3n) is 4.88. The van der Waals surface area contributed by atoms with E-state index >= 15 is 0 Å². The summed E-state index contributed by atoms with van der Waals surface area (Å²) in [7, 11) is -4.09. The summed E-state index contributed by atoms with van der Waals surface area (Å²) >= 11 is 0. The van der Waals surface area contributed by atoms with E-state index in [1.807, 2.05) is 4.90 Å². The molecule has 0 aliphatic carbocycles. The van der Waals surface area contributed by atoms with E-state index in [1.165, 1.54) is 12.3 Å². The Morgan fingerprint density at radius 3 is 2.61 bits per heavy atom. The number of ether oxygens (including phenoxy) is 1. The number of sulfonamides is 1. The van der Waals surface area contributed by atoms with E-state index in [0.717, 1.165) is 18.6 Å². The number of nitrogens with zero attached hydrogens (tertiary/aromatic N) is 3. The van der Waals surface area contributed by atoms with Crippen molar-refractivity contribution in [1.82, 2.24) is 9.55 Å². The second kappa shape index (κ2) is 6.96. The van der Waals surface area contributed by atoms with E-state index in [4.69, 9.17) is 4.74 Å². The van der Waals surface area contributed by atoms with Crippen LogP contribution in [0, 0.1) is 0 Å². The van der Waals surface area contributed by atoms with Gasteiger partial charge in [0.25, 0.3) is 10.0 Å². The molecule has 2 aliphatic heterocycles. The molecule has 1 fully saturated rings. The highest BCUT2D eigenvalue weighted by molar-refractivity contribution is 7.92. The molecule has 1 N–H and O–H groups in total. The quantitative estimate of drug-likeness (QED) is 0.829. The van der Waals surface area contributed by atoms with Gasteiger partial charge < -0.3 is 14.2 Å². The van der Waals surface area contributed by atoms with Gasteiger partial charge in [0, 0.05) is 26.1 Å². The molecule has 0 atom stereocenters. The Balaban J connectivity index is 1.73. The van der Waals surface area contributed by atoms with Crippen molar-refractivity contribution in [3.8, 4) is 0 Å². The van der Waals surface area contributed by atoms with Gasteiger partial charge in [-0.15, -0.1) is 0 Å². The van der Waals surface area contributed by atoms with Crippen molar-refractivity contribution in [2.75, 3.05) is 35.9 Å². The summed E-state index contributed by atoms with van der Waals surface area (Å²) in [5.74, 6) is 0.665. The lowest BCUT2D eigenvalue weighted by molar-refractivity contribution is -0.137. The van der Waals surface area contributed by atoms with Crippen LogP contribution in [0.1, 0.15) is 17.8 Å². The number of anilines is 2. The number of morpholine rings is 1. The first-order valence-electron chi connectivity index (χ1n) is 8.87. The number of rotatable bonds is 4. The monoisotopic (exact) mass is 416 g/mol. The molecular formula is C17H19F3N4O3S. The second-order valence-electron chi connectivity index (χ2n) is 6.70. The molecule has 1 aromatic heterocycles. The van der Waals surface area contributed by atoms with Crippen LogP contribution in [0.3, 0.4) is 0 Å². The zero-order valence-electron chi connectivity index (χ0n) is 14.9. The zero-order chi connectivity index (χ0) is 19.9. The van der Waals surface area contributed by atoms with Crippen LogP contribution in [0.25, 0.3) is 0 Å². The van der Waals surface area contributed by atoms with Crippen molar-refractivity contribution in [3.63, 3.8) is 0 Å². The lowest BCUT2D eigenvalue weighted by Crippen LogP contribution is -2.37. The van der Waals surface area contributed by atoms with Crippen LogP contribution in [0.15, 0.2) is 29.4 Å². The van der Waals surface area contributed by atoms with Gasteiger partial charge in [-0.2, -0.15) is 21.6 Å². The molecule has 1 aromatic carbocycles. The van der Waals surface area contributed by atoms with Crippen LogP contribution in [-0.2, 0) is 33.9 Å². The number of fused-ring (bicyclic) bond motifs is 1. The van der Waals surface area contributed by atoms with Gasteiger partial charge in [0.2, 0.25) is 0 Å². The first kappa shape index (κ1) is 19.1. The highest BCUT2D eigenvalue weighted by Gasteiger charge is 2.33. The second-order valence-corrected chi connectivity index (χ2v) is 8.33. The number of aromatic nitrogens is 2. The Bertz CT molecular complexity index is 982. The third kappa shape index (κ3) is 3.55. The number of halogens is 3. The van der Waals surface area contributed by atoms with Gasteiger partial charge in [0.05, 0.1) is 36.3 Å². The van der Waals surface area contributed by atoms with Crippen LogP contribution in [-0.4, -0.2) is 44.3 Å². The van der Waals surface area contributed by atoms with Crippen molar-refractivity contribution in [3.05, 3.63) is 35.8 Å². The van der Waals surface area contributed by atoms with Gasteiger partial charge in [-0.1, -0.05) is 0 Å². The van der Waals surface area contributed by atoms with Crippen LogP contribution in [0.4, 0.5) is 24.5 Å². The molecule has 0 unspecified atom stereocenters. The summed E-state index contributed by atoms with van der Waals surface area (Å²) in [6, 6.07) is 3.09. The summed E-state index contributed by atoms with van der Waals surface area (Å²) in [5.41, 5.74) is -0.632. The molecule has 152 valence electrons. The number of aryl methyl sites for hydroxylation is 1. The molecule has 2 aromatic rings. The van der Waals surface area contributed by atoms with E-state index in [1.54, 1.807) is 4.57 Å². The summed E-state index contributed by atoms with van der Waals surface area (Å²) < 4.78 is 74.7. The minimum Gasteiger partial charge on any atom is -0.378 e. The van der Waals surface area contributed by atoms with E-state index in [0.29, 0.717) is 50.8 Å². The van der Waals surface area contributed by atoms with Crippen molar-refractivity contribution in [2.24, 2.45) is 0 Å². The molecule has 0 radical (unpaired) electrons. The lowest BCUT2D eigenvalue weighted by atomic mass is 10.1. The smallest absolute Gasteiger partial charge is 0.378 e. The van der Waals surface area contributed by atoms with E-state index in [2.05, 4.69) is 9.71 Å². The van der Waals surface area contributed by atoms with Crippen LogP contribution in [0.5, 0.6) is 0 Å². The molecule has 0 amide bonds. The number of hydrogen-bond donors (Lipinski definition) is 1. The van der Waals surface area contributed by atoms with E-state index < -0.39 is 21.8 Å². The number of benzene rings is 1. The van der Waals surface area contributed by atoms with Crippen molar-refractivity contribution < 1.29 is 26.3 Å². The van der Waals surface area contributed by atoms with Gasteiger partial charge in [0.15, 0.2) is 5.03 Å². The van der Waals surface area contributed by atoms with Gasteiger partial charge in [-0.05, 0) is 24.6 Å². The highest BCUT2D eigenvalue weighted by Crippen LogP contribution is 2.37. The van der Waals surface area contributed by atoms with Crippen LogP contribution < -0.4 is 9.62 Å². The van der Waals surface area contributed by atoms with Gasteiger partial charge in [-0.25, -0.2) is 4.98 Å². The fraction of sp³-hybridized carbons (Fsp3) is 0.471. The summed E-state index contributed by atoms with van der Waals surface area (Å²) in [4.78, 5) is 5.92. The molecule has 2 aliphatic rings. The average Bonchev–Trinajstić information content (AvgIpc) is 3.25. The van der Waals surface area contributed by atoms with Crippen molar-refractivity contribution in [1.29, 1.82) is 0 Å². The normalized spacial score (nSPS) is 17.6. The molecule has 1 saturated heterocycles. The van der Waals surface area contributed by atoms with Crippen LogP contribution >= 0.6 is 0 Å². The molecule has 7 nitrogen and oxygen atoms in total. The summed E-state index contributed by atoms with van der Waals surface area (Å²) in [6.45, 7) is 2.28. The first-order chi connectivity index (χ1) is 13.3. The molecule has 28 heavy (non-hydrogen) atoms. The van der Waals surface area contributed by atoms with E-state index in [-0.39, 0.29) is 10.7 Å². The number of hydrogen-bond acceptors (Lipinski definition) is 5. The maximum Gasteiger partial charge on any atom is 0.416 e. The number of nitrogens with one attached hydrogen (secondary N) is 1. The minimum absolute atomic E-state index is 0.0367. The van der Waals surface area contributed by atoms with Gasteiger partial charge in [0.1, 0.15) is 5.82 Å². The predicted molar refractivity (Wildman–Crippen MR) is 95.8 cm³/mol. The van der Waals surface area contributed by atoms with Crippen molar-refractivity contribution >= 4 is 21.4 Å². The molecule has 3 heterocycles. The van der Waals surface area contributed by atoms with Gasteiger partial charge >= 0.3 is 6.18 Å². The Morgan fingerprint density at radius 2 is 1.89 bits per heavy atom. The maximum absolute atomic E-state index is 13.2. The zero-order valence-corrected chi connectivity index (χ0v) is 15.7. The highest BCUT2D eigenvalue weighted by atomic mass is 32.2. The minimum atomic E-state index is -4.58. The number of imidazole rings is 1. The Morgan fingerprint density at radius 1 is 1.14 bits per heavy atom. The molecular weight excluding hydrogens is 397 g/mol. The summed E-state index contributed by atoms with van der Waals surface area (Å²) in [5, 5.41) is -0.0367. The molecule has 4 rings (SSSR count). The molecule has 0 spiro atoms. The number of alkyl halides is 3. The summed E-state index contributed by atoms with van der Waals surface area (Å²) in [6.07, 6.45) is -1.87. The predicted octanol–water partition coefficient (Wildman–Crippen LogP) is 2.49. The molecule has 0 bridgehead atoms. The lowest BCUT2D eigenvalue weighted by Gasteiger charge is -2.31. The third-order valence-corrected chi connectivity index (χ3v) is 6.24. The fourth-order valence-electron chi connectivity index (χ4n) is 3.52.